The molecule has 0 amide bonds. The van der Waals surface area contributed by atoms with E-state index in [1.54, 1.807) is 18.2 Å². The summed E-state index contributed by atoms with van der Waals surface area (Å²) < 4.78 is 42.2. The van der Waals surface area contributed by atoms with Crippen molar-refractivity contribution < 1.29 is 13.2 Å². The molecule has 32 heavy (non-hydrogen) atoms. The van der Waals surface area contributed by atoms with E-state index >= 15 is 4.39 Å². The summed E-state index contributed by atoms with van der Waals surface area (Å²) >= 11 is 0. The molecule has 1 atom stereocenters. The average Bonchev–Trinajstić information content (AvgIpc) is 2.77. The zero-order valence-electron chi connectivity index (χ0n) is 17.9. The molecule has 1 N–H and O–H groups in total. The van der Waals surface area contributed by atoms with Gasteiger partial charge < -0.3 is 10.2 Å². The number of aromatic nitrogens is 2. The fourth-order valence-corrected chi connectivity index (χ4v) is 4.09. The van der Waals surface area contributed by atoms with E-state index in [2.05, 4.69) is 11.4 Å². The van der Waals surface area contributed by atoms with Crippen LogP contribution in [0.3, 0.4) is 0 Å². The molecule has 0 radical (unpaired) electrons. The minimum Gasteiger partial charge on any atom is -0.365 e. The molecular formula is C24H24F3N5. The lowest BCUT2D eigenvalue weighted by atomic mass is 9.88. The maximum atomic E-state index is 15.0. The van der Waals surface area contributed by atoms with Crippen molar-refractivity contribution in [2.45, 2.75) is 38.9 Å². The van der Waals surface area contributed by atoms with Crippen LogP contribution in [0.5, 0.6) is 0 Å². The lowest BCUT2D eigenvalue weighted by Crippen LogP contribution is -2.36. The number of alkyl halides is 1. The predicted octanol–water partition coefficient (Wildman–Crippen LogP) is 5.53. The van der Waals surface area contributed by atoms with E-state index in [1.807, 2.05) is 18.7 Å². The highest BCUT2D eigenvalue weighted by atomic mass is 19.1. The van der Waals surface area contributed by atoms with Gasteiger partial charge in [-0.05, 0) is 56.9 Å². The lowest BCUT2D eigenvalue weighted by molar-refractivity contribution is 0.193. The number of nitrogens with zero attached hydrogens (tertiary/aromatic N) is 4. The summed E-state index contributed by atoms with van der Waals surface area (Å²) in [4.78, 5) is 11.5. The van der Waals surface area contributed by atoms with Gasteiger partial charge in [-0.3, -0.25) is 0 Å². The summed E-state index contributed by atoms with van der Waals surface area (Å²) in [5, 5.41) is 12.5. The minimum atomic E-state index is -1.49. The highest BCUT2D eigenvalue weighted by molar-refractivity contribution is 5.82. The monoisotopic (exact) mass is 439 g/mol. The third-order valence-corrected chi connectivity index (χ3v) is 5.71. The molecule has 2 aromatic carbocycles. The first-order valence-electron chi connectivity index (χ1n) is 10.7. The average molecular weight is 439 g/mol. The smallest absolute Gasteiger partial charge is 0.172 e. The molecule has 1 saturated heterocycles. The van der Waals surface area contributed by atoms with E-state index in [1.165, 1.54) is 6.07 Å². The third kappa shape index (κ3) is 4.47. The van der Waals surface area contributed by atoms with Crippen LogP contribution < -0.4 is 10.2 Å². The number of nitriles is 1. The van der Waals surface area contributed by atoms with Crippen LogP contribution in [0.4, 0.5) is 24.8 Å². The molecule has 0 saturated carbocycles. The molecule has 0 aliphatic carbocycles. The summed E-state index contributed by atoms with van der Waals surface area (Å²) in [7, 11) is 0. The number of benzene rings is 2. The van der Waals surface area contributed by atoms with Crippen LogP contribution in [0.1, 0.15) is 44.0 Å². The van der Waals surface area contributed by atoms with Crippen LogP contribution in [0, 0.1) is 28.9 Å². The molecule has 3 aromatic rings. The van der Waals surface area contributed by atoms with Gasteiger partial charge in [0.25, 0.3) is 0 Å². The Balaban J connectivity index is 1.57. The van der Waals surface area contributed by atoms with Crippen LogP contribution in [-0.4, -0.2) is 29.1 Å². The second-order valence-electron chi connectivity index (χ2n) is 8.40. The normalized spacial score (nSPS) is 15.7. The maximum absolute atomic E-state index is 15.0. The summed E-state index contributed by atoms with van der Waals surface area (Å²) in [5.74, 6) is -0.642. The van der Waals surface area contributed by atoms with E-state index in [-0.39, 0.29) is 17.5 Å². The Labute approximate surface area is 184 Å². The summed E-state index contributed by atoms with van der Waals surface area (Å²) in [6.07, 6.45) is -0.499. The molecule has 1 fully saturated rings. The first-order valence-corrected chi connectivity index (χ1v) is 10.7. The molecule has 4 rings (SSSR count). The zero-order chi connectivity index (χ0) is 22.8. The highest BCUT2D eigenvalue weighted by Gasteiger charge is 2.31. The SMILES string of the molecule is CC(C)Nc1nc2ccc(C#N)cc2nc1N1CCC(C(F)c2ccc(F)cc2F)CC1. The van der Waals surface area contributed by atoms with Gasteiger partial charge in [-0.15, -0.1) is 0 Å². The van der Waals surface area contributed by atoms with Crippen molar-refractivity contribution in [3.63, 3.8) is 0 Å². The number of rotatable bonds is 5. The molecule has 0 spiro atoms. The number of anilines is 2. The summed E-state index contributed by atoms with van der Waals surface area (Å²) in [6, 6.07) is 10.4. The van der Waals surface area contributed by atoms with Crippen LogP contribution in [-0.2, 0) is 0 Å². The quantitative estimate of drug-likeness (QED) is 0.567. The maximum Gasteiger partial charge on any atom is 0.172 e. The molecule has 0 bridgehead atoms. The number of halogens is 3. The van der Waals surface area contributed by atoms with Crippen molar-refractivity contribution >= 4 is 22.7 Å². The van der Waals surface area contributed by atoms with Crippen LogP contribution in [0.25, 0.3) is 11.0 Å². The third-order valence-electron chi connectivity index (χ3n) is 5.71. The first-order chi connectivity index (χ1) is 15.4. The van der Waals surface area contributed by atoms with Crippen LogP contribution in [0.15, 0.2) is 36.4 Å². The van der Waals surface area contributed by atoms with Crippen LogP contribution >= 0.6 is 0 Å². The zero-order valence-corrected chi connectivity index (χ0v) is 17.9. The minimum absolute atomic E-state index is 0.0958. The number of hydrogen-bond donors (Lipinski definition) is 1. The van der Waals surface area contributed by atoms with Crippen LogP contribution in [0.2, 0.25) is 0 Å². The van der Waals surface area contributed by atoms with E-state index in [0.717, 1.165) is 12.1 Å². The van der Waals surface area contributed by atoms with Gasteiger partial charge >= 0.3 is 0 Å². The Morgan fingerprint density at radius 3 is 2.47 bits per heavy atom. The van der Waals surface area contributed by atoms with Gasteiger partial charge in [-0.2, -0.15) is 5.26 Å². The van der Waals surface area contributed by atoms with Crippen molar-refractivity contribution in [2.75, 3.05) is 23.3 Å². The number of piperidine rings is 1. The molecule has 8 heteroatoms. The molecule has 1 aliphatic rings. The van der Waals surface area contributed by atoms with E-state index in [9.17, 15) is 14.0 Å². The van der Waals surface area contributed by atoms with Crippen molar-refractivity contribution in [3.05, 3.63) is 59.2 Å². The lowest BCUT2D eigenvalue weighted by Gasteiger charge is -2.35. The standard InChI is InChI=1S/C24H24F3N5/c1-14(2)29-23-24(31-21-11-15(13-28)3-6-20(21)30-23)32-9-7-16(8-10-32)22(27)18-5-4-17(25)12-19(18)26/h3-6,11-12,14,16,22H,7-10H2,1-2H3,(H,29,30). The van der Waals surface area contributed by atoms with Gasteiger partial charge in [0.15, 0.2) is 11.6 Å². The molecule has 166 valence electrons. The van der Waals surface area contributed by atoms with Gasteiger partial charge in [-0.25, -0.2) is 23.1 Å². The van der Waals surface area contributed by atoms with Gasteiger partial charge in [0.05, 0.1) is 22.7 Å². The van der Waals surface area contributed by atoms with E-state index in [0.29, 0.717) is 54.2 Å². The Kier molecular flexibility index (Phi) is 6.17. The second kappa shape index (κ2) is 9.03. The number of fused-ring (bicyclic) bond motifs is 1. The highest BCUT2D eigenvalue weighted by Crippen LogP contribution is 2.37. The van der Waals surface area contributed by atoms with Crippen molar-refractivity contribution in [3.8, 4) is 6.07 Å². The Morgan fingerprint density at radius 1 is 1.06 bits per heavy atom. The number of hydrogen-bond acceptors (Lipinski definition) is 5. The fraction of sp³-hybridized carbons (Fsp3) is 0.375. The fourth-order valence-electron chi connectivity index (χ4n) is 4.09. The molecule has 1 unspecified atom stereocenters. The van der Waals surface area contributed by atoms with Crippen molar-refractivity contribution in [1.82, 2.24) is 9.97 Å². The van der Waals surface area contributed by atoms with Crippen molar-refractivity contribution in [1.29, 1.82) is 5.26 Å². The summed E-state index contributed by atoms with van der Waals surface area (Å²) in [5.41, 5.74) is 1.71. The van der Waals surface area contributed by atoms with E-state index < -0.39 is 17.8 Å². The number of nitrogens with one attached hydrogen (secondary N) is 1. The predicted molar refractivity (Wildman–Crippen MR) is 118 cm³/mol. The topological polar surface area (TPSA) is 64.8 Å². The summed E-state index contributed by atoms with van der Waals surface area (Å²) in [6.45, 7) is 5.06. The van der Waals surface area contributed by atoms with Gasteiger partial charge in [0.1, 0.15) is 17.8 Å². The molecule has 1 aliphatic heterocycles. The second-order valence-corrected chi connectivity index (χ2v) is 8.40. The molecule has 1 aromatic heterocycles. The van der Waals surface area contributed by atoms with E-state index in [4.69, 9.17) is 9.97 Å². The molecule has 2 heterocycles. The molecular weight excluding hydrogens is 415 g/mol. The van der Waals surface area contributed by atoms with Gasteiger partial charge in [0.2, 0.25) is 0 Å². The van der Waals surface area contributed by atoms with Gasteiger partial charge in [-0.1, -0.05) is 6.07 Å². The Morgan fingerprint density at radius 2 is 1.81 bits per heavy atom. The Bertz CT molecular complexity index is 1170. The van der Waals surface area contributed by atoms with Gasteiger partial charge in [0, 0.05) is 30.8 Å². The largest absolute Gasteiger partial charge is 0.365 e. The first kappa shape index (κ1) is 21.9. The van der Waals surface area contributed by atoms with Crippen molar-refractivity contribution in [2.24, 2.45) is 5.92 Å². The Hall–Kier alpha value is -3.34. The molecule has 5 nitrogen and oxygen atoms in total.